The van der Waals surface area contributed by atoms with Gasteiger partial charge in [0.05, 0.1) is 23.3 Å². The van der Waals surface area contributed by atoms with Gasteiger partial charge in [-0.3, -0.25) is 19.3 Å². The summed E-state index contributed by atoms with van der Waals surface area (Å²) in [6, 6.07) is 5.57. The van der Waals surface area contributed by atoms with Crippen LogP contribution in [0.5, 0.6) is 0 Å². The standard InChI is InChI=1S/C25H28N2O5S/c1-5-32-25(31)19-17-11-10-14(4)12-18(17)33-22(19)26-21(28)20(13(2)3)27-23(29)15-8-6-7-9-16(15)24(27)30/h6-9,13-14,20H,5,10-12H2,1-4H3,(H,26,28)/t14-,20-/m1/s1. The molecule has 1 N–H and O–H groups in total. The number of hydrogen-bond donors (Lipinski definition) is 1. The minimum atomic E-state index is -1.01. The zero-order valence-electron chi connectivity index (χ0n) is 19.3. The second kappa shape index (κ2) is 9.09. The van der Waals surface area contributed by atoms with Crippen molar-refractivity contribution in [1.82, 2.24) is 4.90 Å². The molecule has 2 aliphatic rings. The number of nitrogens with one attached hydrogen (secondary N) is 1. The molecule has 7 nitrogen and oxygen atoms in total. The van der Waals surface area contributed by atoms with Gasteiger partial charge in [0.1, 0.15) is 11.0 Å². The van der Waals surface area contributed by atoms with Crippen molar-refractivity contribution in [3.05, 3.63) is 51.4 Å². The van der Waals surface area contributed by atoms with Crippen LogP contribution in [0.3, 0.4) is 0 Å². The molecule has 0 radical (unpaired) electrons. The zero-order chi connectivity index (χ0) is 23.9. The van der Waals surface area contributed by atoms with E-state index in [1.165, 1.54) is 11.3 Å². The molecule has 0 spiro atoms. The molecule has 1 aromatic carbocycles. The molecule has 0 fully saturated rings. The van der Waals surface area contributed by atoms with E-state index < -0.39 is 29.7 Å². The predicted molar refractivity (Wildman–Crippen MR) is 126 cm³/mol. The number of carbonyl (C=O) groups is 4. The van der Waals surface area contributed by atoms with Gasteiger partial charge in [0, 0.05) is 4.88 Å². The predicted octanol–water partition coefficient (Wildman–Crippen LogP) is 4.31. The van der Waals surface area contributed by atoms with Gasteiger partial charge in [0.15, 0.2) is 0 Å². The lowest BCUT2D eigenvalue weighted by molar-refractivity contribution is -0.121. The normalized spacial score (nSPS) is 18.2. The van der Waals surface area contributed by atoms with Crippen molar-refractivity contribution in [3.63, 3.8) is 0 Å². The third kappa shape index (κ3) is 4.08. The van der Waals surface area contributed by atoms with Crippen LogP contribution in [0.25, 0.3) is 0 Å². The van der Waals surface area contributed by atoms with Crippen LogP contribution in [-0.2, 0) is 22.4 Å². The molecule has 0 unspecified atom stereocenters. The number of imide groups is 1. The Kier molecular flexibility index (Phi) is 6.38. The molecule has 174 valence electrons. The second-order valence-electron chi connectivity index (χ2n) is 8.98. The highest BCUT2D eigenvalue weighted by molar-refractivity contribution is 7.17. The van der Waals surface area contributed by atoms with Gasteiger partial charge in [0.2, 0.25) is 5.91 Å². The Morgan fingerprint density at radius 1 is 1.18 bits per heavy atom. The largest absolute Gasteiger partial charge is 0.462 e. The summed E-state index contributed by atoms with van der Waals surface area (Å²) in [5, 5.41) is 3.31. The minimum Gasteiger partial charge on any atom is -0.462 e. The summed E-state index contributed by atoms with van der Waals surface area (Å²) in [5.41, 5.74) is 1.94. The molecule has 1 aromatic heterocycles. The third-order valence-electron chi connectivity index (χ3n) is 6.23. The Balaban J connectivity index is 1.67. The van der Waals surface area contributed by atoms with E-state index in [2.05, 4.69) is 12.2 Å². The highest BCUT2D eigenvalue weighted by Gasteiger charge is 2.44. The number of carbonyl (C=O) groups excluding carboxylic acids is 4. The Morgan fingerprint density at radius 2 is 1.82 bits per heavy atom. The molecule has 2 aromatic rings. The van der Waals surface area contributed by atoms with Crippen LogP contribution in [0.4, 0.5) is 5.00 Å². The third-order valence-corrected chi connectivity index (χ3v) is 7.40. The fourth-order valence-electron chi connectivity index (χ4n) is 4.62. The molecule has 2 heterocycles. The average molecular weight is 469 g/mol. The molecule has 33 heavy (non-hydrogen) atoms. The van der Waals surface area contributed by atoms with Crippen molar-refractivity contribution < 1.29 is 23.9 Å². The molecular weight excluding hydrogens is 440 g/mol. The lowest BCUT2D eigenvalue weighted by Crippen LogP contribution is -2.50. The summed E-state index contributed by atoms with van der Waals surface area (Å²) < 4.78 is 5.28. The lowest BCUT2D eigenvalue weighted by Gasteiger charge is -2.28. The number of ether oxygens (including phenoxy) is 1. The van der Waals surface area contributed by atoms with Crippen molar-refractivity contribution >= 4 is 40.0 Å². The van der Waals surface area contributed by atoms with Crippen LogP contribution < -0.4 is 5.32 Å². The van der Waals surface area contributed by atoms with Gasteiger partial charge < -0.3 is 10.1 Å². The van der Waals surface area contributed by atoms with E-state index in [9.17, 15) is 19.2 Å². The van der Waals surface area contributed by atoms with Crippen molar-refractivity contribution in [3.8, 4) is 0 Å². The molecule has 8 heteroatoms. The lowest BCUT2D eigenvalue weighted by atomic mass is 9.88. The topological polar surface area (TPSA) is 92.8 Å². The number of amides is 3. The first-order valence-corrected chi connectivity index (χ1v) is 12.2. The Morgan fingerprint density at radius 3 is 2.39 bits per heavy atom. The summed E-state index contributed by atoms with van der Waals surface area (Å²) in [7, 11) is 0. The highest BCUT2D eigenvalue weighted by Crippen LogP contribution is 2.40. The summed E-state index contributed by atoms with van der Waals surface area (Å²) in [4.78, 5) is 54.4. The number of nitrogens with zero attached hydrogens (tertiary/aromatic N) is 1. The van der Waals surface area contributed by atoms with Crippen molar-refractivity contribution in [2.75, 3.05) is 11.9 Å². The first-order chi connectivity index (χ1) is 15.7. The van der Waals surface area contributed by atoms with Crippen LogP contribution in [0.2, 0.25) is 0 Å². The monoisotopic (exact) mass is 468 g/mol. The number of rotatable bonds is 6. The summed E-state index contributed by atoms with van der Waals surface area (Å²) in [5.74, 6) is -1.73. The average Bonchev–Trinajstić information content (AvgIpc) is 3.23. The highest BCUT2D eigenvalue weighted by atomic mass is 32.1. The van der Waals surface area contributed by atoms with E-state index in [0.29, 0.717) is 27.6 Å². The smallest absolute Gasteiger partial charge is 0.341 e. The maximum atomic E-state index is 13.5. The van der Waals surface area contributed by atoms with Gasteiger partial charge in [-0.05, 0) is 55.7 Å². The Hall–Kier alpha value is -3.00. The molecule has 4 rings (SSSR count). The van der Waals surface area contributed by atoms with E-state index in [1.807, 2.05) is 0 Å². The van der Waals surface area contributed by atoms with E-state index >= 15 is 0 Å². The number of hydrogen-bond acceptors (Lipinski definition) is 6. The van der Waals surface area contributed by atoms with Crippen LogP contribution >= 0.6 is 11.3 Å². The maximum absolute atomic E-state index is 13.5. The molecule has 2 atom stereocenters. The molecule has 0 saturated heterocycles. The van der Waals surface area contributed by atoms with Crippen molar-refractivity contribution in [1.29, 1.82) is 0 Å². The Bertz CT molecular complexity index is 1100. The van der Waals surface area contributed by atoms with E-state index in [4.69, 9.17) is 4.74 Å². The van der Waals surface area contributed by atoms with Crippen molar-refractivity contribution in [2.24, 2.45) is 11.8 Å². The van der Waals surface area contributed by atoms with Gasteiger partial charge in [0.25, 0.3) is 11.8 Å². The number of esters is 1. The van der Waals surface area contributed by atoms with Gasteiger partial charge >= 0.3 is 5.97 Å². The number of anilines is 1. The first kappa shape index (κ1) is 23.2. The molecule has 1 aliphatic carbocycles. The van der Waals surface area contributed by atoms with E-state index in [0.717, 1.165) is 34.6 Å². The first-order valence-electron chi connectivity index (χ1n) is 11.3. The maximum Gasteiger partial charge on any atom is 0.341 e. The number of thiophene rings is 1. The summed E-state index contributed by atoms with van der Waals surface area (Å²) in [6.45, 7) is 7.73. The van der Waals surface area contributed by atoms with Crippen molar-refractivity contribution in [2.45, 2.75) is 53.0 Å². The van der Waals surface area contributed by atoms with E-state index in [1.54, 1.807) is 45.0 Å². The SMILES string of the molecule is CCOC(=O)c1c(NC(=O)[C@@H](C(C)C)N2C(=O)c3ccccc3C2=O)sc2c1CC[C@@H](C)C2. The quantitative estimate of drug-likeness (QED) is 0.504. The molecule has 3 amide bonds. The second-order valence-corrected chi connectivity index (χ2v) is 10.1. The molecule has 1 aliphatic heterocycles. The Labute approximate surface area is 197 Å². The fraction of sp³-hybridized carbons (Fsp3) is 0.440. The summed E-state index contributed by atoms with van der Waals surface area (Å²) >= 11 is 1.39. The number of benzene rings is 1. The molecular formula is C25H28N2O5S. The van der Waals surface area contributed by atoms with Crippen LogP contribution in [-0.4, -0.2) is 41.2 Å². The molecule has 0 bridgehead atoms. The van der Waals surface area contributed by atoms with Gasteiger partial charge in [-0.1, -0.05) is 32.9 Å². The minimum absolute atomic E-state index is 0.233. The van der Waals surface area contributed by atoms with Crippen LogP contribution in [0.15, 0.2) is 24.3 Å². The van der Waals surface area contributed by atoms with E-state index in [-0.39, 0.29) is 12.5 Å². The molecule has 0 saturated carbocycles. The van der Waals surface area contributed by atoms with Gasteiger partial charge in [-0.25, -0.2) is 4.79 Å². The summed E-state index contributed by atoms with van der Waals surface area (Å²) in [6.07, 6.45) is 2.56. The van der Waals surface area contributed by atoms with Crippen LogP contribution in [0, 0.1) is 11.8 Å². The van der Waals surface area contributed by atoms with Gasteiger partial charge in [-0.15, -0.1) is 11.3 Å². The van der Waals surface area contributed by atoms with Gasteiger partial charge in [-0.2, -0.15) is 0 Å². The zero-order valence-corrected chi connectivity index (χ0v) is 20.1. The van der Waals surface area contributed by atoms with Crippen LogP contribution in [0.1, 0.15) is 75.6 Å². The fourth-order valence-corrected chi connectivity index (χ4v) is 6.02. The number of fused-ring (bicyclic) bond motifs is 2.